The van der Waals surface area contributed by atoms with Crippen molar-refractivity contribution in [2.24, 2.45) is 10.8 Å². The molecule has 156 valence electrons. The number of nitrogens with one attached hydrogen (secondary N) is 1. The maximum absolute atomic E-state index is 13.1. The number of amides is 2. The van der Waals surface area contributed by atoms with Gasteiger partial charge in [-0.2, -0.15) is 10.2 Å². The molecule has 8 nitrogen and oxygen atoms in total. The van der Waals surface area contributed by atoms with Gasteiger partial charge in [0.05, 0.1) is 23.4 Å². The van der Waals surface area contributed by atoms with E-state index in [4.69, 9.17) is 0 Å². The maximum atomic E-state index is 13.1. The van der Waals surface area contributed by atoms with Gasteiger partial charge in [-0.25, -0.2) is 0 Å². The Morgan fingerprint density at radius 3 is 2.60 bits per heavy atom. The lowest BCUT2D eigenvalue weighted by atomic mass is 9.60. The molecule has 3 aliphatic rings. The fraction of sp³-hybridized carbons (Fsp3) is 0.500. The van der Waals surface area contributed by atoms with Crippen LogP contribution in [0.2, 0.25) is 0 Å². The number of aromatic nitrogens is 3. The van der Waals surface area contributed by atoms with E-state index < -0.39 is 0 Å². The lowest BCUT2D eigenvalue weighted by molar-refractivity contribution is -0.133. The van der Waals surface area contributed by atoms with E-state index in [1.165, 1.54) is 11.8 Å². The largest absolute Gasteiger partial charge is 0.356 e. The number of likely N-dealkylation sites (tertiary alicyclic amines) is 2. The number of hydrogen-bond acceptors (Lipinski definition) is 6. The molecule has 0 saturated carbocycles. The molecule has 0 unspecified atom stereocenters. The zero-order valence-corrected chi connectivity index (χ0v) is 17.0. The van der Waals surface area contributed by atoms with Crippen molar-refractivity contribution < 1.29 is 9.59 Å². The summed E-state index contributed by atoms with van der Waals surface area (Å²) in [7, 11) is 0. The van der Waals surface area contributed by atoms with Crippen LogP contribution in [0.1, 0.15) is 35.2 Å². The van der Waals surface area contributed by atoms with Gasteiger partial charge in [-0.3, -0.25) is 19.5 Å². The first kappa shape index (κ1) is 19.1. The molecule has 2 aromatic heterocycles. The minimum Gasteiger partial charge on any atom is -0.356 e. The summed E-state index contributed by atoms with van der Waals surface area (Å²) in [5, 5.41) is 10.7. The Morgan fingerprint density at radius 2 is 1.93 bits per heavy atom. The van der Waals surface area contributed by atoms with Gasteiger partial charge in [0.25, 0.3) is 5.91 Å². The second-order valence-corrected chi connectivity index (χ2v) is 8.80. The van der Waals surface area contributed by atoms with Crippen molar-refractivity contribution in [3.8, 4) is 0 Å². The predicted octanol–water partition coefficient (Wildman–Crippen LogP) is 1.12. The third kappa shape index (κ3) is 3.06. The Labute approximate surface area is 175 Å². The molecule has 5 rings (SSSR count). The van der Waals surface area contributed by atoms with E-state index in [0.29, 0.717) is 18.7 Å². The van der Waals surface area contributed by atoms with Gasteiger partial charge in [0, 0.05) is 57.1 Å². The van der Waals surface area contributed by atoms with E-state index in [2.05, 4.69) is 31.5 Å². The Kier molecular flexibility index (Phi) is 4.73. The lowest BCUT2D eigenvalue weighted by Crippen LogP contribution is -2.53. The third-order valence-electron chi connectivity index (χ3n) is 7.27. The number of rotatable bonds is 3. The summed E-state index contributed by atoms with van der Waals surface area (Å²) in [6, 6.07) is 5.75. The molecule has 2 aromatic rings. The fourth-order valence-electron chi connectivity index (χ4n) is 5.75. The monoisotopic (exact) mass is 406 g/mol. The molecule has 3 saturated heterocycles. The van der Waals surface area contributed by atoms with E-state index in [1.54, 1.807) is 18.5 Å². The first-order valence-electron chi connectivity index (χ1n) is 10.6. The average Bonchev–Trinajstić information content (AvgIpc) is 3.30. The summed E-state index contributed by atoms with van der Waals surface area (Å²) in [4.78, 5) is 34.4. The van der Waals surface area contributed by atoms with Crippen molar-refractivity contribution in [3.05, 3.63) is 54.1 Å². The Bertz CT molecular complexity index is 929. The molecule has 5 heterocycles. The second kappa shape index (κ2) is 7.43. The number of pyridine rings is 1. The number of fused-ring (bicyclic) bond motifs is 1. The zero-order chi connectivity index (χ0) is 20.6. The number of piperidine rings is 1. The minimum absolute atomic E-state index is 0.00473. The highest BCUT2D eigenvalue weighted by atomic mass is 16.2. The molecule has 0 aromatic carbocycles. The van der Waals surface area contributed by atoms with Crippen LogP contribution >= 0.6 is 0 Å². The topological polar surface area (TPSA) is 91.3 Å². The van der Waals surface area contributed by atoms with E-state index in [0.717, 1.165) is 45.4 Å². The molecule has 2 amide bonds. The van der Waals surface area contributed by atoms with Crippen LogP contribution in [0.3, 0.4) is 0 Å². The Morgan fingerprint density at radius 1 is 1.07 bits per heavy atom. The second-order valence-electron chi connectivity index (χ2n) is 8.80. The number of carbonyl (C=O) groups excluding carboxylic acids is 2. The predicted molar refractivity (Wildman–Crippen MR) is 109 cm³/mol. The average molecular weight is 406 g/mol. The van der Waals surface area contributed by atoms with Gasteiger partial charge < -0.3 is 10.2 Å². The first-order chi connectivity index (χ1) is 14.6. The van der Waals surface area contributed by atoms with Gasteiger partial charge in [0.2, 0.25) is 5.91 Å². The standard InChI is InChI=1S/C22H26N6O2/c29-19(18-3-8-25-26-13-18)28-10-5-21(6-11-28)15-27(14-17-2-1-7-23-12-17)16-22(21)4-9-24-20(22)30/h1-3,7-8,12-13H,4-6,9-11,14-16H2,(H,24,30)/t22-/m0/s1. The van der Waals surface area contributed by atoms with E-state index >= 15 is 0 Å². The van der Waals surface area contributed by atoms with Crippen LogP contribution in [0.25, 0.3) is 0 Å². The van der Waals surface area contributed by atoms with E-state index in [1.807, 2.05) is 17.2 Å². The van der Waals surface area contributed by atoms with Crippen LogP contribution in [-0.4, -0.2) is 69.5 Å². The summed E-state index contributed by atoms with van der Waals surface area (Å²) in [6.07, 6.45) is 9.30. The Hall–Kier alpha value is -2.87. The summed E-state index contributed by atoms with van der Waals surface area (Å²) >= 11 is 0. The normalized spacial score (nSPS) is 25.7. The molecule has 30 heavy (non-hydrogen) atoms. The van der Waals surface area contributed by atoms with E-state index in [9.17, 15) is 9.59 Å². The highest BCUT2D eigenvalue weighted by Crippen LogP contribution is 2.56. The van der Waals surface area contributed by atoms with Crippen molar-refractivity contribution in [2.75, 3.05) is 32.7 Å². The van der Waals surface area contributed by atoms with Crippen molar-refractivity contribution in [1.29, 1.82) is 0 Å². The molecule has 0 radical (unpaired) electrons. The lowest BCUT2D eigenvalue weighted by Gasteiger charge is -2.46. The summed E-state index contributed by atoms with van der Waals surface area (Å²) in [5.74, 6) is 0.184. The van der Waals surface area contributed by atoms with Gasteiger partial charge in [-0.05, 0) is 37.0 Å². The molecular weight excluding hydrogens is 380 g/mol. The molecular formula is C22H26N6O2. The van der Waals surface area contributed by atoms with Crippen LogP contribution in [-0.2, 0) is 11.3 Å². The summed E-state index contributed by atoms with van der Waals surface area (Å²) < 4.78 is 0. The van der Waals surface area contributed by atoms with Crippen LogP contribution in [0.4, 0.5) is 0 Å². The SMILES string of the molecule is O=C(c1ccnnc1)N1CCC2(CC1)CN(Cc1cccnc1)C[C@]21CCNC1=O. The van der Waals surface area contributed by atoms with Crippen molar-refractivity contribution in [3.63, 3.8) is 0 Å². The van der Waals surface area contributed by atoms with Crippen LogP contribution in [0.5, 0.6) is 0 Å². The first-order valence-corrected chi connectivity index (χ1v) is 10.6. The third-order valence-corrected chi connectivity index (χ3v) is 7.27. The highest BCUT2D eigenvalue weighted by molar-refractivity contribution is 5.94. The molecule has 2 spiro atoms. The van der Waals surface area contributed by atoms with Crippen LogP contribution < -0.4 is 5.32 Å². The van der Waals surface area contributed by atoms with Crippen molar-refractivity contribution in [1.82, 2.24) is 30.3 Å². The zero-order valence-electron chi connectivity index (χ0n) is 17.0. The smallest absolute Gasteiger partial charge is 0.255 e. The van der Waals surface area contributed by atoms with Crippen LogP contribution in [0.15, 0.2) is 43.0 Å². The number of carbonyl (C=O) groups is 2. The van der Waals surface area contributed by atoms with Crippen molar-refractivity contribution in [2.45, 2.75) is 25.8 Å². The van der Waals surface area contributed by atoms with E-state index in [-0.39, 0.29) is 22.6 Å². The van der Waals surface area contributed by atoms with Gasteiger partial charge in [0.1, 0.15) is 0 Å². The number of hydrogen-bond donors (Lipinski definition) is 1. The highest BCUT2D eigenvalue weighted by Gasteiger charge is 2.63. The van der Waals surface area contributed by atoms with Crippen molar-refractivity contribution >= 4 is 11.8 Å². The van der Waals surface area contributed by atoms with Gasteiger partial charge >= 0.3 is 0 Å². The van der Waals surface area contributed by atoms with Gasteiger partial charge in [0.15, 0.2) is 0 Å². The minimum atomic E-state index is -0.359. The molecule has 1 N–H and O–H groups in total. The Balaban J connectivity index is 1.35. The summed E-state index contributed by atoms with van der Waals surface area (Å²) in [6.45, 7) is 4.53. The maximum Gasteiger partial charge on any atom is 0.255 e. The molecule has 1 atom stereocenters. The quantitative estimate of drug-likeness (QED) is 0.821. The fourth-order valence-corrected chi connectivity index (χ4v) is 5.75. The molecule has 0 bridgehead atoms. The van der Waals surface area contributed by atoms with Gasteiger partial charge in [-0.15, -0.1) is 0 Å². The summed E-state index contributed by atoms with van der Waals surface area (Å²) in [5.41, 5.74) is 1.28. The van der Waals surface area contributed by atoms with Crippen LogP contribution in [0, 0.1) is 10.8 Å². The molecule has 8 heteroatoms. The molecule has 3 fully saturated rings. The number of nitrogens with zero attached hydrogens (tertiary/aromatic N) is 5. The molecule has 0 aliphatic carbocycles. The van der Waals surface area contributed by atoms with Gasteiger partial charge in [-0.1, -0.05) is 6.07 Å². The molecule has 3 aliphatic heterocycles.